The molecule has 0 atom stereocenters. The Labute approximate surface area is 90.9 Å². The van der Waals surface area contributed by atoms with Crippen molar-refractivity contribution in [3.05, 3.63) is 34.1 Å². The number of ether oxygens (including phenoxy) is 1. The first-order valence-corrected chi connectivity index (χ1v) is 4.77. The van der Waals surface area contributed by atoms with Crippen LogP contribution in [-0.2, 0) is 4.74 Å². The molecule has 0 saturated heterocycles. The van der Waals surface area contributed by atoms with Crippen LogP contribution in [0.4, 0.5) is 0 Å². The summed E-state index contributed by atoms with van der Waals surface area (Å²) in [4.78, 5) is 15.5. The van der Waals surface area contributed by atoms with Crippen molar-refractivity contribution in [3.8, 4) is 0 Å². The van der Waals surface area contributed by atoms with E-state index in [1.807, 2.05) is 6.92 Å². The maximum atomic E-state index is 11.3. The first-order valence-electron chi connectivity index (χ1n) is 3.98. The third-order valence-electron chi connectivity index (χ3n) is 1.78. The number of hydrogen-bond donors (Lipinski definition) is 0. The van der Waals surface area contributed by atoms with E-state index in [1.54, 1.807) is 6.07 Å². The molecule has 1 aromatic rings. The zero-order valence-corrected chi connectivity index (χ0v) is 9.59. The van der Waals surface area contributed by atoms with Crippen molar-refractivity contribution in [2.24, 2.45) is 0 Å². The van der Waals surface area contributed by atoms with Gasteiger partial charge >= 0.3 is 5.97 Å². The average Bonchev–Trinajstić information content (AvgIpc) is 2.20. The molecule has 0 fully saturated rings. The summed E-state index contributed by atoms with van der Waals surface area (Å²) < 4.78 is 5.41. The van der Waals surface area contributed by atoms with Crippen molar-refractivity contribution in [2.45, 2.75) is 6.92 Å². The highest BCUT2D eigenvalue weighted by Gasteiger charge is 2.13. The number of halogens is 1. The fourth-order valence-electron chi connectivity index (χ4n) is 1.03. The van der Waals surface area contributed by atoms with Gasteiger partial charge in [-0.15, -0.1) is 0 Å². The Kier molecular flexibility index (Phi) is 3.41. The predicted molar refractivity (Wildman–Crippen MR) is 58.1 cm³/mol. The van der Waals surface area contributed by atoms with Gasteiger partial charge in [0.25, 0.3) is 0 Å². The van der Waals surface area contributed by atoms with Gasteiger partial charge in [-0.2, -0.15) is 0 Å². The fraction of sp³-hybridized carbons (Fsp3) is 0.200. The molecule has 0 unspecified atom stereocenters. The Morgan fingerprint density at radius 1 is 1.71 bits per heavy atom. The monoisotopic (exact) mass is 255 g/mol. The van der Waals surface area contributed by atoms with Crippen molar-refractivity contribution in [3.63, 3.8) is 0 Å². The van der Waals surface area contributed by atoms with E-state index < -0.39 is 5.97 Å². The maximum Gasteiger partial charge on any atom is 0.340 e. The Hall–Kier alpha value is -1.16. The van der Waals surface area contributed by atoms with Crippen LogP contribution >= 0.6 is 15.9 Å². The Morgan fingerprint density at radius 2 is 2.36 bits per heavy atom. The van der Waals surface area contributed by atoms with E-state index in [9.17, 15) is 4.79 Å². The quantitative estimate of drug-likeness (QED) is 0.763. The molecule has 0 saturated carbocycles. The van der Waals surface area contributed by atoms with Gasteiger partial charge < -0.3 is 4.74 Å². The van der Waals surface area contributed by atoms with Gasteiger partial charge in [0, 0.05) is 4.47 Å². The summed E-state index contributed by atoms with van der Waals surface area (Å²) in [6, 6.07) is 1.69. The molecule has 1 heterocycles. The summed E-state index contributed by atoms with van der Waals surface area (Å²) in [6.07, 6.45) is 1.53. The molecule has 0 radical (unpaired) electrons. The van der Waals surface area contributed by atoms with E-state index in [4.69, 9.17) is 0 Å². The Balaban J connectivity index is 3.34. The summed E-state index contributed by atoms with van der Waals surface area (Å²) in [7, 11) is 1.34. The molecule has 0 amide bonds. The van der Waals surface area contributed by atoms with Crippen LogP contribution in [0.3, 0.4) is 0 Å². The molecule has 0 bridgehead atoms. The molecule has 0 aromatic carbocycles. The molecule has 74 valence electrons. The van der Waals surface area contributed by atoms with Crippen LogP contribution in [0.2, 0.25) is 0 Å². The van der Waals surface area contributed by atoms with E-state index in [-0.39, 0.29) is 0 Å². The lowest BCUT2D eigenvalue weighted by atomic mass is 10.2. The lowest BCUT2D eigenvalue weighted by molar-refractivity contribution is 0.0600. The topological polar surface area (TPSA) is 39.2 Å². The summed E-state index contributed by atoms with van der Waals surface area (Å²) >= 11 is 3.30. The number of esters is 1. The van der Waals surface area contributed by atoms with Crippen molar-refractivity contribution >= 4 is 28.0 Å². The lowest BCUT2D eigenvalue weighted by Crippen LogP contribution is -2.06. The van der Waals surface area contributed by atoms with Gasteiger partial charge in [-0.05, 0) is 35.0 Å². The predicted octanol–water partition coefficient (Wildman–Crippen LogP) is 2.58. The molecule has 0 aliphatic rings. The standard InChI is InChI=1S/C10H10BrNO2/c1-4-9-7(10(13)14-3)5-8(11)6(2)12-9/h4-5H,1H2,2-3H3. The first-order chi connectivity index (χ1) is 6.60. The van der Waals surface area contributed by atoms with E-state index >= 15 is 0 Å². The first kappa shape index (κ1) is 10.9. The average molecular weight is 256 g/mol. The van der Waals surface area contributed by atoms with Crippen molar-refractivity contribution < 1.29 is 9.53 Å². The van der Waals surface area contributed by atoms with Crippen molar-refractivity contribution in [1.82, 2.24) is 4.98 Å². The van der Waals surface area contributed by atoms with Crippen molar-refractivity contribution in [2.75, 3.05) is 7.11 Å². The maximum absolute atomic E-state index is 11.3. The third-order valence-corrected chi connectivity index (χ3v) is 2.58. The van der Waals surface area contributed by atoms with Crippen LogP contribution in [0.1, 0.15) is 21.7 Å². The second kappa shape index (κ2) is 4.37. The molecule has 0 N–H and O–H groups in total. The van der Waals surface area contributed by atoms with Crippen molar-refractivity contribution in [1.29, 1.82) is 0 Å². The molecule has 1 rings (SSSR count). The molecule has 14 heavy (non-hydrogen) atoms. The van der Waals surface area contributed by atoms with Gasteiger partial charge in [0.1, 0.15) is 0 Å². The van der Waals surface area contributed by atoms with E-state index in [0.717, 1.165) is 10.2 Å². The number of aryl methyl sites for hydroxylation is 1. The van der Waals surface area contributed by atoms with Crippen LogP contribution < -0.4 is 0 Å². The van der Waals surface area contributed by atoms with Gasteiger partial charge in [0.05, 0.1) is 24.1 Å². The third kappa shape index (κ3) is 2.01. The zero-order valence-electron chi connectivity index (χ0n) is 8.00. The summed E-state index contributed by atoms with van der Waals surface area (Å²) in [6.45, 7) is 5.44. The van der Waals surface area contributed by atoms with Crippen LogP contribution in [0.5, 0.6) is 0 Å². The van der Waals surface area contributed by atoms with Gasteiger partial charge in [0.2, 0.25) is 0 Å². The Morgan fingerprint density at radius 3 is 2.86 bits per heavy atom. The molecule has 0 spiro atoms. The number of carbonyl (C=O) groups excluding carboxylic acids is 1. The number of methoxy groups -OCH3 is 1. The molecule has 1 aromatic heterocycles. The molecular formula is C10H10BrNO2. The SMILES string of the molecule is C=Cc1nc(C)c(Br)cc1C(=O)OC. The molecule has 0 aliphatic carbocycles. The Bertz CT molecular complexity index is 388. The summed E-state index contributed by atoms with van der Waals surface area (Å²) in [5.74, 6) is -0.409. The highest BCUT2D eigenvalue weighted by atomic mass is 79.9. The minimum absolute atomic E-state index is 0.409. The lowest BCUT2D eigenvalue weighted by Gasteiger charge is -2.05. The van der Waals surface area contributed by atoms with Crippen LogP contribution in [-0.4, -0.2) is 18.1 Å². The smallest absolute Gasteiger partial charge is 0.340 e. The number of hydrogen-bond acceptors (Lipinski definition) is 3. The number of aromatic nitrogens is 1. The molecular weight excluding hydrogens is 246 g/mol. The van der Waals surface area contributed by atoms with E-state index in [0.29, 0.717) is 11.3 Å². The van der Waals surface area contributed by atoms with Gasteiger partial charge in [0.15, 0.2) is 0 Å². The molecule has 0 aliphatic heterocycles. The second-order valence-electron chi connectivity index (χ2n) is 2.68. The largest absolute Gasteiger partial charge is 0.465 e. The second-order valence-corrected chi connectivity index (χ2v) is 3.54. The minimum Gasteiger partial charge on any atom is -0.465 e. The number of rotatable bonds is 2. The van der Waals surface area contributed by atoms with E-state index in [1.165, 1.54) is 13.2 Å². The number of nitrogens with zero attached hydrogens (tertiary/aromatic N) is 1. The zero-order chi connectivity index (χ0) is 10.7. The highest BCUT2D eigenvalue weighted by Crippen LogP contribution is 2.19. The summed E-state index contributed by atoms with van der Waals surface area (Å²) in [5.41, 5.74) is 1.77. The van der Waals surface area contributed by atoms with Gasteiger partial charge in [-0.1, -0.05) is 6.58 Å². The number of carbonyl (C=O) groups is 1. The summed E-state index contributed by atoms with van der Waals surface area (Å²) in [5, 5.41) is 0. The highest BCUT2D eigenvalue weighted by molar-refractivity contribution is 9.10. The number of pyridine rings is 1. The minimum atomic E-state index is -0.409. The molecule has 4 heteroatoms. The van der Waals surface area contributed by atoms with E-state index in [2.05, 4.69) is 32.2 Å². The normalized spacial score (nSPS) is 9.64. The van der Waals surface area contributed by atoms with Crippen LogP contribution in [0.25, 0.3) is 6.08 Å². The van der Waals surface area contributed by atoms with Crippen LogP contribution in [0, 0.1) is 6.92 Å². The molecule has 3 nitrogen and oxygen atoms in total. The van der Waals surface area contributed by atoms with Gasteiger partial charge in [-0.25, -0.2) is 4.79 Å². The van der Waals surface area contributed by atoms with Gasteiger partial charge in [-0.3, -0.25) is 4.98 Å². The fourth-order valence-corrected chi connectivity index (χ4v) is 1.35. The van der Waals surface area contributed by atoms with Crippen LogP contribution in [0.15, 0.2) is 17.1 Å².